The molecule has 0 unspecified atom stereocenters. The molecule has 2 fully saturated rings. The Balaban J connectivity index is 1.69. The molecule has 0 aliphatic heterocycles. The molecule has 0 amide bonds. The summed E-state index contributed by atoms with van der Waals surface area (Å²) in [7, 11) is 0. The number of para-hydroxylation sites is 1. The van der Waals surface area contributed by atoms with Crippen molar-refractivity contribution in [2.75, 3.05) is 18.0 Å². The molecule has 1 radical (unpaired) electrons. The van der Waals surface area contributed by atoms with Crippen LogP contribution >= 0.6 is 0 Å². The van der Waals surface area contributed by atoms with Gasteiger partial charge in [-0.15, -0.1) is 0 Å². The third-order valence-corrected chi connectivity index (χ3v) is 3.38. The molecule has 15 heavy (non-hydrogen) atoms. The lowest BCUT2D eigenvalue weighted by molar-refractivity contribution is 0.679. The van der Waals surface area contributed by atoms with Gasteiger partial charge in [0, 0.05) is 24.8 Å². The highest BCUT2D eigenvalue weighted by Crippen LogP contribution is 2.35. The third-order valence-electron chi connectivity index (χ3n) is 3.38. The molecule has 2 aliphatic carbocycles. The Morgan fingerprint density at radius 1 is 1.07 bits per heavy atom. The van der Waals surface area contributed by atoms with E-state index in [9.17, 15) is 0 Å². The topological polar surface area (TPSA) is 3.24 Å². The van der Waals surface area contributed by atoms with Crippen LogP contribution in [0.5, 0.6) is 0 Å². The molecule has 0 atom stereocenters. The normalized spacial score (nSPS) is 20.3. The second kappa shape index (κ2) is 3.88. The lowest BCUT2D eigenvalue weighted by Crippen LogP contribution is -2.27. The molecular weight excluding hydrogens is 182 g/mol. The standard InChI is InChI=1S/C14H18N/c1-2-4-14(5-3-1)15(10-12-6-7-12)11-13-8-9-13/h1-4,12-13H,6-11H2. The van der Waals surface area contributed by atoms with Gasteiger partial charge < -0.3 is 4.90 Å². The summed E-state index contributed by atoms with van der Waals surface area (Å²) in [6, 6.07) is 11.8. The molecule has 2 saturated carbocycles. The lowest BCUT2D eigenvalue weighted by atomic mass is 10.2. The predicted octanol–water partition coefficient (Wildman–Crippen LogP) is 3.11. The Kier molecular flexibility index (Phi) is 2.40. The summed E-state index contributed by atoms with van der Waals surface area (Å²) >= 11 is 0. The summed E-state index contributed by atoms with van der Waals surface area (Å²) in [5.41, 5.74) is 1.30. The van der Waals surface area contributed by atoms with Gasteiger partial charge in [0.2, 0.25) is 0 Å². The summed E-state index contributed by atoms with van der Waals surface area (Å²) in [6.45, 7) is 2.52. The summed E-state index contributed by atoms with van der Waals surface area (Å²) in [5, 5.41) is 0. The fraction of sp³-hybridized carbons (Fsp3) is 0.571. The van der Waals surface area contributed by atoms with Gasteiger partial charge >= 0.3 is 0 Å². The fourth-order valence-electron chi connectivity index (χ4n) is 2.08. The van der Waals surface area contributed by atoms with E-state index in [4.69, 9.17) is 0 Å². The largest absolute Gasteiger partial charge is 0.370 e. The second-order valence-corrected chi connectivity index (χ2v) is 5.04. The van der Waals surface area contributed by atoms with E-state index in [-0.39, 0.29) is 0 Å². The zero-order valence-electron chi connectivity index (χ0n) is 9.15. The number of nitrogens with zero attached hydrogens (tertiary/aromatic N) is 1. The van der Waals surface area contributed by atoms with Gasteiger partial charge in [0.05, 0.1) is 0 Å². The summed E-state index contributed by atoms with van der Waals surface area (Å²) < 4.78 is 0. The van der Waals surface area contributed by atoms with Crippen LogP contribution in [0.15, 0.2) is 24.3 Å². The van der Waals surface area contributed by atoms with Gasteiger partial charge in [0.15, 0.2) is 0 Å². The minimum absolute atomic E-state index is 0.970. The molecular formula is C14H18N. The van der Waals surface area contributed by atoms with E-state index in [1.54, 1.807) is 0 Å². The van der Waals surface area contributed by atoms with E-state index >= 15 is 0 Å². The van der Waals surface area contributed by atoms with Crippen molar-refractivity contribution in [3.8, 4) is 0 Å². The van der Waals surface area contributed by atoms with Gasteiger partial charge in [-0.2, -0.15) is 0 Å². The first-order valence-electron chi connectivity index (χ1n) is 6.13. The fourth-order valence-corrected chi connectivity index (χ4v) is 2.08. The maximum absolute atomic E-state index is 3.36. The Morgan fingerprint density at radius 3 is 2.20 bits per heavy atom. The molecule has 2 aliphatic rings. The quantitative estimate of drug-likeness (QED) is 0.706. The zero-order chi connectivity index (χ0) is 10.1. The number of hydrogen-bond donors (Lipinski definition) is 0. The highest BCUT2D eigenvalue weighted by atomic mass is 15.1. The van der Waals surface area contributed by atoms with E-state index in [0.29, 0.717) is 0 Å². The maximum Gasteiger partial charge on any atom is 0.0446 e. The van der Waals surface area contributed by atoms with Crippen molar-refractivity contribution in [1.29, 1.82) is 0 Å². The van der Waals surface area contributed by atoms with Crippen LogP contribution in [0.1, 0.15) is 25.7 Å². The van der Waals surface area contributed by atoms with Crippen LogP contribution in [0.25, 0.3) is 0 Å². The molecule has 0 saturated heterocycles. The summed E-state index contributed by atoms with van der Waals surface area (Å²) in [6.07, 6.45) is 5.75. The minimum atomic E-state index is 0.970. The lowest BCUT2D eigenvalue weighted by Gasteiger charge is -2.24. The van der Waals surface area contributed by atoms with Crippen molar-refractivity contribution in [3.05, 3.63) is 30.3 Å². The van der Waals surface area contributed by atoms with Crippen LogP contribution in [0.3, 0.4) is 0 Å². The average molecular weight is 200 g/mol. The van der Waals surface area contributed by atoms with Crippen molar-refractivity contribution < 1.29 is 0 Å². The Bertz CT molecular complexity index is 297. The van der Waals surface area contributed by atoms with Crippen LogP contribution in [0.4, 0.5) is 5.69 Å². The maximum atomic E-state index is 3.36. The van der Waals surface area contributed by atoms with Crippen LogP contribution in [0.2, 0.25) is 0 Å². The SMILES string of the molecule is [c]1ccccc1N(CC1CC1)CC1CC1. The Morgan fingerprint density at radius 2 is 1.73 bits per heavy atom. The molecule has 0 spiro atoms. The van der Waals surface area contributed by atoms with E-state index in [0.717, 1.165) is 11.8 Å². The van der Waals surface area contributed by atoms with E-state index in [1.165, 1.54) is 44.5 Å². The highest BCUT2D eigenvalue weighted by Gasteiger charge is 2.29. The van der Waals surface area contributed by atoms with E-state index in [2.05, 4.69) is 29.2 Å². The van der Waals surface area contributed by atoms with Gasteiger partial charge in [-0.25, -0.2) is 0 Å². The van der Waals surface area contributed by atoms with Gasteiger partial charge in [0.25, 0.3) is 0 Å². The molecule has 0 N–H and O–H groups in total. The molecule has 3 rings (SSSR count). The van der Waals surface area contributed by atoms with Crippen molar-refractivity contribution in [2.45, 2.75) is 25.7 Å². The van der Waals surface area contributed by atoms with Gasteiger partial charge in [-0.3, -0.25) is 0 Å². The zero-order valence-corrected chi connectivity index (χ0v) is 9.15. The van der Waals surface area contributed by atoms with Gasteiger partial charge in [0.1, 0.15) is 0 Å². The van der Waals surface area contributed by atoms with Crippen LogP contribution in [0, 0.1) is 17.9 Å². The summed E-state index contributed by atoms with van der Waals surface area (Å²) in [4.78, 5) is 2.55. The van der Waals surface area contributed by atoms with Crippen molar-refractivity contribution in [1.82, 2.24) is 0 Å². The molecule has 1 nitrogen and oxygen atoms in total. The third kappa shape index (κ3) is 2.53. The Hall–Kier alpha value is -0.980. The first-order valence-corrected chi connectivity index (χ1v) is 6.13. The van der Waals surface area contributed by atoms with E-state index in [1.807, 2.05) is 6.07 Å². The van der Waals surface area contributed by atoms with E-state index < -0.39 is 0 Å². The van der Waals surface area contributed by atoms with Crippen LogP contribution in [-0.4, -0.2) is 13.1 Å². The number of benzene rings is 1. The molecule has 1 heteroatoms. The monoisotopic (exact) mass is 200 g/mol. The first kappa shape index (κ1) is 9.26. The van der Waals surface area contributed by atoms with Crippen molar-refractivity contribution >= 4 is 5.69 Å². The average Bonchev–Trinajstić information content (AvgIpc) is 3.13. The minimum Gasteiger partial charge on any atom is -0.370 e. The van der Waals surface area contributed by atoms with Crippen LogP contribution < -0.4 is 4.90 Å². The Labute approximate surface area is 92.1 Å². The predicted molar refractivity (Wildman–Crippen MR) is 62.9 cm³/mol. The molecule has 0 heterocycles. The van der Waals surface area contributed by atoms with Crippen molar-refractivity contribution in [2.24, 2.45) is 11.8 Å². The summed E-state index contributed by atoms with van der Waals surface area (Å²) in [5.74, 6) is 1.94. The van der Waals surface area contributed by atoms with Gasteiger partial charge in [-0.1, -0.05) is 18.2 Å². The molecule has 1 aromatic rings. The molecule has 79 valence electrons. The van der Waals surface area contributed by atoms with Crippen molar-refractivity contribution in [3.63, 3.8) is 0 Å². The molecule has 0 bridgehead atoms. The number of anilines is 1. The molecule has 0 aromatic heterocycles. The smallest absolute Gasteiger partial charge is 0.0446 e. The highest BCUT2D eigenvalue weighted by molar-refractivity contribution is 5.45. The number of hydrogen-bond acceptors (Lipinski definition) is 1. The first-order chi connectivity index (χ1) is 7.42. The van der Waals surface area contributed by atoms with Crippen LogP contribution in [-0.2, 0) is 0 Å². The second-order valence-electron chi connectivity index (χ2n) is 5.04. The molecule has 1 aromatic carbocycles. The number of rotatable bonds is 5. The van der Waals surface area contributed by atoms with Gasteiger partial charge in [-0.05, 0) is 43.6 Å².